The van der Waals surface area contributed by atoms with E-state index >= 15 is 0 Å². The highest BCUT2D eigenvalue weighted by Gasteiger charge is 2.20. The maximum absolute atomic E-state index is 12.4. The highest BCUT2D eigenvalue weighted by molar-refractivity contribution is 5.12. The van der Waals surface area contributed by atoms with Gasteiger partial charge < -0.3 is 5.11 Å². The first-order valence-corrected chi connectivity index (χ1v) is 4.31. The second-order valence-electron chi connectivity index (χ2n) is 2.90. The average molecular weight is 226 g/mol. The summed E-state index contributed by atoms with van der Waals surface area (Å²) in [7, 11) is 0. The first-order chi connectivity index (χ1) is 7.06. The molecule has 0 atom stereocenters. The zero-order chi connectivity index (χ0) is 11.4. The highest BCUT2D eigenvalue weighted by atomic mass is 19.3. The largest absolute Gasteiger partial charge is 0.396 e. The molecular weight excluding hydrogens is 216 g/mol. The number of aliphatic hydroxyl groups excluding tert-OH is 1. The molecule has 1 heterocycles. The maximum Gasteiger partial charge on any atom is 0.282 e. The van der Waals surface area contributed by atoms with Crippen LogP contribution < -0.4 is 0 Å². The maximum atomic E-state index is 12.4. The lowest BCUT2D eigenvalue weighted by Gasteiger charge is -2.04. The Kier molecular flexibility index (Phi) is 4.07. The molecule has 86 valence electrons. The number of aromatic nitrogens is 2. The van der Waals surface area contributed by atoms with Crippen molar-refractivity contribution in [3.63, 3.8) is 0 Å². The Hall–Kier alpha value is -1.11. The number of hydrogen-bond donors (Lipinski definition) is 1. The summed E-state index contributed by atoms with van der Waals surface area (Å²) >= 11 is 0. The van der Waals surface area contributed by atoms with Gasteiger partial charge in [-0.1, -0.05) is 0 Å². The van der Waals surface area contributed by atoms with Gasteiger partial charge >= 0.3 is 0 Å². The van der Waals surface area contributed by atoms with Crippen molar-refractivity contribution in [3.8, 4) is 0 Å². The average Bonchev–Trinajstić information content (AvgIpc) is 2.58. The van der Waals surface area contributed by atoms with Gasteiger partial charge in [0, 0.05) is 13.2 Å². The molecule has 0 saturated carbocycles. The molecule has 0 aliphatic carbocycles. The minimum absolute atomic E-state index is 0.00287. The fourth-order valence-corrected chi connectivity index (χ4v) is 1.13. The third-order valence-electron chi connectivity index (χ3n) is 1.81. The second kappa shape index (κ2) is 5.11. The summed E-state index contributed by atoms with van der Waals surface area (Å²) < 4.78 is 49.9. The molecule has 1 aromatic heterocycles. The van der Waals surface area contributed by atoms with E-state index in [2.05, 4.69) is 5.10 Å². The molecule has 0 aliphatic rings. The molecule has 0 aromatic carbocycles. The zero-order valence-corrected chi connectivity index (χ0v) is 7.71. The van der Waals surface area contributed by atoms with Gasteiger partial charge in [0.05, 0.1) is 0 Å². The van der Waals surface area contributed by atoms with Crippen LogP contribution >= 0.6 is 0 Å². The number of alkyl halides is 4. The van der Waals surface area contributed by atoms with Crippen molar-refractivity contribution in [2.45, 2.75) is 25.8 Å². The van der Waals surface area contributed by atoms with E-state index < -0.39 is 24.2 Å². The molecule has 0 bridgehead atoms. The van der Waals surface area contributed by atoms with Gasteiger partial charge in [-0.25, -0.2) is 17.6 Å². The Balaban J connectivity index is 2.90. The third-order valence-corrected chi connectivity index (χ3v) is 1.81. The molecule has 0 aliphatic heterocycles. The number of aliphatic hydroxyl groups is 1. The summed E-state index contributed by atoms with van der Waals surface area (Å²) in [6.45, 7) is -0.199. The smallest absolute Gasteiger partial charge is 0.282 e. The molecule has 0 amide bonds. The van der Waals surface area contributed by atoms with E-state index in [-0.39, 0.29) is 19.6 Å². The summed E-state index contributed by atoms with van der Waals surface area (Å²) in [4.78, 5) is 0. The summed E-state index contributed by atoms with van der Waals surface area (Å²) in [5.41, 5.74) is -1.21. The minimum atomic E-state index is -2.86. The van der Waals surface area contributed by atoms with Crippen LogP contribution in [-0.4, -0.2) is 21.5 Å². The Morgan fingerprint density at radius 2 is 1.93 bits per heavy atom. The van der Waals surface area contributed by atoms with E-state index in [0.717, 1.165) is 4.68 Å². The van der Waals surface area contributed by atoms with Crippen molar-refractivity contribution in [1.82, 2.24) is 9.78 Å². The first-order valence-electron chi connectivity index (χ1n) is 4.31. The van der Waals surface area contributed by atoms with Gasteiger partial charge in [-0.05, 0) is 12.5 Å². The summed E-state index contributed by atoms with van der Waals surface area (Å²) in [6, 6.07) is 0.687. The van der Waals surface area contributed by atoms with Crippen molar-refractivity contribution in [2.75, 3.05) is 6.61 Å². The van der Waals surface area contributed by atoms with Gasteiger partial charge in [-0.3, -0.25) is 4.68 Å². The Labute approximate surface area is 83.3 Å². The van der Waals surface area contributed by atoms with Gasteiger partial charge in [0.1, 0.15) is 11.4 Å². The van der Waals surface area contributed by atoms with E-state index in [9.17, 15) is 17.6 Å². The van der Waals surface area contributed by atoms with E-state index in [1.807, 2.05) is 0 Å². The van der Waals surface area contributed by atoms with Gasteiger partial charge in [-0.2, -0.15) is 5.10 Å². The van der Waals surface area contributed by atoms with Gasteiger partial charge in [-0.15, -0.1) is 0 Å². The normalized spacial score (nSPS) is 11.7. The van der Waals surface area contributed by atoms with Crippen LogP contribution in [0.25, 0.3) is 0 Å². The zero-order valence-electron chi connectivity index (χ0n) is 7.71. The molecule has 0 spiro atoms. The van der Waals surface area contributed by atoms with Crippen LogP contribution in [0.3, 0.4) is 0 Å². The molecule has 7 heteroatoms. The molecule has 3 nitrogen and oxygen atoms in total. The Morgan fingerprint density at radius 3 is 2.40 bits per heavy atom. The fraction of sp³-hybridized carbons (Fsp3) is 0.625. The van der Waals surface area contributed by atoms with Crippen molar-refractivity contribution >= 4 is 0 Å². The Morgan fingerprint density at radius 1 is 1.27 bits per heavy atom. The molecule has 1 rings (SSSR count). The van der Waals surface area contributed by atoms with Crippen LogP contribution in [-0.2, 0) is 6.54 Å². The minimum Gasteiger partial charge on any atom is -0.396 e. The van der Waals surface area contributed by atoms with E-state index in [0.29, 0.717) is 6.07 Å². The number of rotatable bonds is 5. The van der Waals surface area contributed by atoms with E-state index in [1.54, 1.807) is 0 Å². The third kappa shape index (κ3) is 2.92. The molecule has 0 unspecified atom stereocenters. The van der Waals surface area contributed by atoms with Crippen molar-refractivity contribution in [2.24, 2.45) is 0 Å². The quantitative estimate of drug-likeness (QED) is 0.781. The van der Waals surface area contributed by atoms with Gasteiger partial charge in [0.15, 0.2) is 0 Å². The van der Waals surface area contributed by atoms with Crippen LogP contribution in [0.1, 0.15) is 30.7 Å². The second-order valence-corrected chi connectivity index (χ2v) is 2.90. The Bertz CT molecular complexity index is 314. The topological polar surface area (TPSA) is 38.0 Å². The number of halogens is 4. The fourth-order valence-electron chi connectivity index (χ4n) is 1.13. The van der Waals surface area contributed by atoms with Crippen LogP contribution in [0, 0.1) is 0 Å². The summed E-state index contributed by atoms with van der Waals surface area (Å²) in [5.74, 6) is 0. The highest BCUT2D eigenvalue weighted by Crippen LogP contribution is 2.24. The lowest BCUT2D eigenvalue weighted by Crippen LogP contribution is -2.07. The SMILES string of the molecule is OCCCn1nc(C(F)F)cc1C(F)F. The van der Waals surface area contributed by atoms with E-state index in [4.69, 9.17) is 5.11 Å². The molecule has 0 radical (unpaired) electrons. The number of aryl methyl sites for hydroxylation is 1. The van der Waals surface area contributed by atoms with E-state index in [1.165, 1.54) is 0 Å². The lowest BCUT2D eigenvalue weighted by molar-refractivity contribution is 0.137. The summed E-state index contributed by atoms with van der Waals surface area (Å²) in [5, 5.41) is 11.8. The molecular formula is C8H10F4N2O. The van der Waals surface area contributed by atoms with Crippen LogP contribution in [0.5, 0.6) is 0 Å². The summed E-state index contributed by atoms with van der Waals surface area (Å²) in [6.07, 6.45) is -5.51. The van der Waals surface area contributed by atoms with Gasteiger partial charge in [0.2, 0.25) is 0 Å². The monoisotopic (exact) mass is 226 g/mol. The standard InChI is InChI=1S/C8H10F4N2O/c9-7(10)5-4-6(8(11)12)14(13-5)2-1-3-15/h4,7-8,15H,1-3H2. The number of hydrogen-bond acceptors (Lipinski definition) is 2. The predicted octanol–water partition coefficient (Wildman–Crippen LogP) is 2.14. The molecule has 15 heavy (non-hydrogen) atoms. The molecule has 1 aromatic rings. The van der Waals surface area contributed by atoms with Crippen LogP contribution in [0.4, 0.5) is 17.6 Å². The van der Waals surface area contributed by atoms with Crippen LogP contribution in [0.15, 0.2) is 6.07 Å². The predicted molar refractivity (Wildman–Crippen MR) is 43.8 cm³/mol. The van der Waals surface area contributed by atoms with Crippen molar-refractivity contribution in [3.05, 3.63) is 17.5 Å². The van der Waals surface area contributed by atoms with Crippen LogP contribution in [0.2, 0.25) is 0 Å². The van der Waals surface area contributed by atoms with Crippen molar-refractivity contribution < 1.29 is 22.7 Å². The molecule has 0 fully saturated rings. The van der Waals surface area contributed by atoms with Crippen molar-refractivity contribution in [1.29, 1.82) is 0 Å². The first kappa shape index (κ1) is 12.0. The van der Waals surface area contributed by atoms with Gasteiger partial charge in [0.25, 0.3) is 12.9 Å². The molecule has 0 saturated heterocycles. The lowest BCUT2D eigenvalue weighted by atomic mass is 10.3. The number of nitrogens with zero attached hydrogens (tertiary/aromatic N) is 2. The molecule has 1 N–H and O–H groups in total.